The van der Waals surface area contributed by atoms with Crippen molar-refractivity contribution in [3.63, 3.8) is 0 Å². The van der Waals surface area contributed by atoms with Crippen LogP contribution in [0, 0.1) is 0 Å². The molecule has 2 unspecified atom stereocenters. The second-order valence-electron chi connectivity index (χ2n) is 6.38. The first-order chi connectivity index (χ1) is 13.2. The molecule has 0 N–H and O–H groups in total. The number of allylic oxidation sites excluding steroid dienone is 1. The van der Waals surface area contributed by atoms with Gasteiger partial charge in [-0.3, -0.25) is 4.79 Å². The van der Waals surface area contributed by atoms with Gasteiger partial charge in [-0.2, -0.15) is 0 Å². The molecule has 0 amide bonds. The van der Waals surface area contributed by atoms with Crippen molar-refractivity contribution < 1.29 is 9.53 Å². The summed E-state index contributed by atoms with van der Waals surface area (Å²) in [5.74, 6) is 1.37. The number of Topliss-reactive ketones (excluding diaryl/α,β-unsaturated/α-hetero) is 1. The second-order valence-corrected chi connectivity index (χ2v) is 7.29. The van der Waals surface area contributed by atoms with Crippen molar-refractivity contribution in [1.29, 1.82) is 0 Å². The highest BCUT2D eigenvalue weighted by molar-refractivity contribution is 9.12. The number of aliphatic imine (C=N–C) groups is 2. The molecule has 0 saturated heterocycles. The average molecular weight is 424 g/mol. The number of hydrogen-bond donors (Lipinski definition) is 0. The van der Waals surface area contributed by atoms with Crippen LogP contribution in [0.5, 0.6) is 5.75 Å². The molecule has 4 rings (SSSR count). The van der Waals surface area contributed by atoms with Crippen LogP contribution in [-0.2, 0) is 0 Å². The Kier molecular flexibility index (Phi) is 4.90. The second kappa shape index (κ2) is 7.48. The molecule has 136 valence electrons. The predicted molar refractivity (Wildman–Crippen MR) is 110 cm³/mol. The number of ether oxygens (including phenoxy) is 1. The van der Waals surface area contributed by atoms with Crippen LogP contribution in [0.1, 0.15) is 28.4 Å². The highest BCUT2D eigenvalue weighted by atomic mass is 79.9. The molecule has 2 aromatic carbocycles. The number of guanidine groups is 1. The molecule has 0 fully saturated rings. The summed E-state index contributed by atoms with van der Waals surface area (Å²) in [6, 6.07) is 16.7. The summed E-state index contributed by atoms with van der Waals surface area (Å²) in [6.45, 7) is 0. The predicted octanol–water partition coefficient (Wildman–Crippen LogP) is 4.37. The zero-order valence-electron chi connectivity index (χ0n) is 14.7. The zero-order chi connectivity index (χ0) is 18.8. The number of halogens is 1. The van der Waals surface area contributed by atoms with E-state index < -0.39 is 6.04 Å². The zero-order valence-corrected chi connectivity index (χ0v) is 16.3. The lowest BCUT2D eigenvalue weighted by molar-refractivity contribution is 0.0940. The van der Waals surface area contributed by atoms with Crippen molar-refractivity contribution >= 4 is 33.9 Å². The summed E-state index contributed by atoms with van der Waals surface area (Å²) < 4.78 is 6.13. The first-order valence-electron chi connectivity index (χ1n) is 8.66. The van der Waals surface area contributed by atoms with Crippen molar-refractivity contribution in [2.45, 2.75) is 18.5 Å². The van der Waals surface area contributed by atoms with Crippen LogP contribution in [-0.4, -0.2) is 36.0 Å². The van der Waals surface area contributed by atoms with E-state index in [9.17, 15) is 4.79 Å². The van der Waals surface area contributed by atoms with Gasteiger partial charge in [0.15, 0.2) is 5.78 Å². The molecule has 2 heterocycles. The summed E-state index contributed by atoms with van der Waals surface area (Å²) in [5.41, 5.74) is 1.76. The summed E-state index contributed by atoms with van der Waals surface area (Å²) >= 11 is 3.48. The molecular formula is C21H18BrN3O2. The van der Waals surface area contributed by atoms with E-state index in [2.05, 4.69) is 25.9 Å². The highest BCUT2D eigenvalue weighted by Crippen LogP contribution is 2.35. The van der Waals surface area contributed by atoms with Gasteiger partial charge in [0.05, 0.1) is 17.6 Å². The number of carbonyl (C=O) groups is 1. The van der Waals surface area contributed by atoms with Crippen LogP contribution in [0.15, 0.2) is 75.3 Å². The van der Waals surface area contributed by atoms with Crippen molar-refractivity contribution in [2.75, 3.05) is 7.11 Å². The number of methoxy groups -OCH3 is 1. The molecule has 0 radical (unpaired) electrons. The van der Waals surface area contributed by atoms with Crippen molar-refractivity contribution in [3.8, 4) is 5.75 Å². The molecule has 6 heteroatoms. The fourth-order valence-electron chi connectivity index (χ4n) is 3.34. The van der Waals surface area contributed by atoms with Gasteiger partial charge in [-0.05, 0) is 33.6 Å². The lowest BCUT2D eigenvalue weighted by Crippen LogP contribution is -2.40. The maximum absolute atomic E-state index is 13.0. The third kappa shape index (κ3) is 3.57. The molecular weight excluding hydrogens is 406 g/mol. The Hall–Kier alpha value is -2.73. The summed E-state index contributed by atoms with van der Waals surface area (Å²) in [4.78, 5) is 24.1. The van der Waals surface area contributed by atoms with Gasteiger partial charge in [0.1, 0.15) is 11.8 Å². The maximum atomic E-state index is 13.0. The van der Waals surface area contributed by atoms with E-state index in [1.807, 2.05) is 65.7 Å². The quantitative estimate of drug-likeness (QED) is 0.685. The van der Waals surface area contributed by atoms with Crippen molar-refractivity contribution in [3.05, 3.63) is 76.4 Å². The summed E-state index contributed by atoms with van der Waals surface area (Å²) in [5, 5.41) is 0. The smallest absolute Gasteiger partial charge is 0.226 e. The van der Waals surface area contributed by atoms with Gasteiger partial charge in [0.2, 0.25) is 5.96 Å². The van der Waals surface area contributed by atoms with Gasteiger partial charge in [-0.15, -0.1) is 0 Å². The number of hydrogen-bond acceptors (Lipinski definition) is 5. The van der Waals surface area contributed by atoms with E-state index in [1.54, 1.807) is 13.3 Å². The Bertz CT molecular complexity index is 936. The summed E-state index contributed by atoms with van der Waals surface area (Å²) in [6.07, 6.45) is 4.25. The number of rotatable bonds is 4. The fourth-order valence-corrected chi connectivity index (χ4v) is 3.66. The fraction of sp³-hybridized carbons (Fsp3) is 0.190. The van der Waals surface area contributed by atoms with E-state index in [0.29, 0.717) is 17.9 Å². The number of fused-ring (bicyclic) bond motifs is 1. The molecule has 0 aliphatic carbocycles. The van der Waals surface area contributed by atoms with Gasteiger partial charge in [0.25, 0.3) is 0 Å². The average Bonchev–Trinajstić information content (AvgIpc) is 2.73. The van der Waals surface area contributed by atoms with Crippen LogP contribution < -0.4 is 4.74 Å². The minimum Gasteiger partial charge on any atom is -0.497 e. The van der Waals surface area contributed by atoms with Gasteiger partial charge >= 0.3 is 0 Å². The minimum atomic E-state index is -0.465. The topological polar surface area (TPSA) is 54.3 Å². The molecule has 27 heavy (non-hydrogen) atoms. The Labute approximate surface area is 166 Å². The van der Waals surface area contributed by atoms with Gasteiger partial charge < -0.3 is 9.64 Å². The molecule has 0 aromatic heterocycles. The largest absolute Gasteiger partial charge is 0.497 e. The minimum absolute atomic E-state index is 0.0186. The highest BCUT2D eigenvalue weighted by Gasteiger charge is 2.35. The van der Waals surface area contributed by atoms with E-state index in [1.165, 1.54) is 0 Å². The van der Waals surface area contributed by atoms with Gasteiger partial charge in [-0.25, -0.2) is 9.98 Å². The normalized spacial score (nSPS) is 21.2. The number of benzene rings is 2. The molecule has 5 nitrogen and oxygen atoms in total. The van der Waals surface area contributed by atoms with Crippen LogP contribution >= 0.6 is 15.9 Å². The molecule has 0 bridgehead atoms. The summed E-state index contributed by atoms with van der Waals surface area (Å²) in [7, 11) is 1.65. The molecule has 2 atom stereocenters. The van der Waals surface area contributed by atoms with Crippen LogP contribution in [0.4, 0.5) is 0 Å². The van der Waals surface area contributed by atoms with Crippen LogP contribution in [0.3, 0.4) is 0 Å². The molecule has 2 aromatic rings. The van der Waals surface area contributed by atoms with E-state index in [-0.39, 0.29) is 11.8 Å². The Morgan fingerprint density at radius 2 is 1.89 bits per heavy atom. The number of nitrogens with zero attached hydrogens (tertiary/aromatic N) is 3. The third-order valence-corrected chi connectivity index (χ3v) is 5.12. The molecule has 2 aliphatic heterocycles. The first-order valence-corrected chi connectivity index (χ1v) is 9.46. The Balaban J connectivity index is 1.71. The van der Waals surface area contributed by atoms with Gasteiger partial charge in [-0.1, -0.05) is 42.5 Å². The Morgan fingerprint density at radius 3 is 2.59 bits per heavy atom. The SMILES string of the molecule is COc1ccc(C2CC(C(=O)c3ccccc3)N=C3N=CC(Br)=CN32)cc1. The molecule has 0 spiro atoms. The van der Waals surface area contributed by atoms with E-state index >= 15 is 0 Å². The third-order valence-electron chi connectivity index (χ3n) is 4.71. The number of ketones is 1. The van der Waals surface area contributed by atoms with Gasteiger partial charge in [0, 0.05) is 24.4 Å². The van der Waals surface area contributed by atoms with E-state index in [4.69, 9.17) is 4.74 Å². The molecule has 2 aliphatic rings. The standard InChI is InChI=1S/C21H18BrN3O2/c1-27-17-9-7-14(8-10-17)19-11-18(20(26)15-5-3-2-4-6-15)24-21-23-12-16(22)13-25(19)21/h2-10,12-13,18-19H,11H2,1H3. The lowest BCUT2D eigenvalue weighted by Gasteiger charge is -2.37. The lowest BCUT2D eigenvalue weighted by atomic mass is 9.92. The first kappa shape index (κ1) is 17.7. The van der Waals surface area contributed by atoms with Crippen LogP contribution in [0.2, 0.25) is 0 Å². The van der Waals surface area contributed by atoms with Crippen molar-refractivity contribution in [1.82, 2.24) is 4.90 Å². The van der Waals surface area contributed by atoms with Crippen LogP contribution in [0.25, 0.3) is 0 Å². The molecule has 0 saturated carbocycles. The Morgan fingerprint density at radius 1 is 1.15 bits per heavy atom. The monoisotopic (exact) mass is 423 g/mol. The van der Waals surface area contributed by atoms with Crippen molar-refractivity contribution in [2.24, 2.45) is 9.98 Å². The maximum Gasteiger partial charge on any atom is 0.226 e. The van der Waals surface area contributed by atoms with E-state index in [0.717, 1.165) is 15.8 Å². The number of carbonyl (C=O) groups excluding carboxylic acids is 1.